The minimum Gasteiger partial charge on any atom is -0.0851 e. The van der Waals surface area contributed by atoms with Crippen LogP contribution in [0, 0.1) is 11.8 Å². The van der Waals surface area contributed by atoms with Crippen LogP contribution in [0.15, 0.2) is 12.2 Å². The Hall–Kier alpha value is -0.0431. The Balaban J connectivity index is 2.01. The highest BCUT2D eigenvalue weighted by molar-refractivity contribution is 6.80. The number of fused-ring (bicyclic) bond motifs is 2. The van der Waals surface area contributed by atoms with Crippen molar-refractivity contribution >= 4 is 8.07 Å². The topological polar surface area (TPSA) is 0 Å². The maximum atomic E-state index is 2.73. The first-order chi connectivity index (χ1) is 8.19. The van der Waals surface area contributed by atoms with Crippen molar-refractivity contribution in [1.29, 1.82) is 0 Å². The van der Waals surface area contributed by atoms with Gasteiger partial charge in [0.2, 0.25) is 0 Å². The van der Waals surface area contributed by atoms with Gasteiger partial charge < -0.3 is 0 Å². The van der Waals surface area contributed by atoms with Crippen molar-refractivity contribution in [2.45, 2.75) is 76.5 Å². The standard InChI is InChI=1S/C16H30Si/c1-4-6-10-17(3,11-7-5-2)16-13-14-8-9-15(16)12-14/h8-9,14-16H,4-7,10-13H2,1-3H3. The Bertz CT molecular complexity index is 261. The van der Waals surface area contributed by atoms with Gasteiger partial charge in [-0.1, -0.05) is 70.3 Å². The highest BCUT2D eigenvalue weighted by Gasteiger charge is 2.46. The molecule has 0 aromatic rings. The molecule has 3 atom stereocenters. The van der Waals surface area contributed by atoms with Gasteiger partial charge in [0, 0.05) is 0 Å². The van der Waals surface area contributed by atoms with Crippen molar-refractivity contribution in [3.05, 3.63) is 12.2 Å². The third kappa shape index (κ3) is 2.86. The van der Waals surface area contributed by atoms with Gasteiger partial charge in [-0.2, -0.15) is 0 Å². The maximum Gasteiger partial charge on any atom is 0.0541 e. The molecule has 98 valence electrons. The zero-order chi connectivity index (χ0) is 12.3. The van der Waals surface area contributed by atoms with Crippen LogP contribution in [0.3, 0.4) is 0 Å². The van der Waals surface area contributed by atoms with Gasteiger partial charge in [0.1, 0.15) is 0 Å². The molecule has 0 nitrogen and oxygen atoms in total. The first kappa shape index (κ1) is 13.4. The van der Waals surface area contributed by atoms with Gasteiger partial charge >= 0.3 is 0 Å². The van der Waals surface area contributed by atoms with Crippen LogP contribution in [0.2, 0.25) is 24.2 Å². The molecule has 0 aromatic heterocycles. The van der Waals surface area contributed by atoms with Crippen LogP contribution < -0.4 is 0 Å². The lowest BCUT2D eigenvalue weighted by Gasteiger charge is -2.38. The molecule has 2 aliphatic rings. The molecule has 0 aliphatic heterocycles. The molecule has 1 fully saturated rings. The Labute approximate surface area is 109 Å². The van der Waals surface area contributed by atoms with Crippen LogP contribution in [-0.2, 0) is 0 Å². The number of unbranched alkanes of at least 4 members (excludes halogenated alkanes) is 2. The summed E-state index contributed by atoms with van der Waals surface area (Å²) in [7, 11) is -0.963. The fraction of sp³-hybridized carbons (Fsp3) is 0.875. The van der Waals surface area contributed by atoms with Crippen LogP contribution in [0.1, 0.15) is 52.4 Å². The second kappa shape index (κ2) is 5.73. The second-order valence-corrected chi connectivity index (χ2v) is 11.8. The predicted molar refractivity (Wildman–Crippen MR) is 80.2 cm³/mol. The largest absolute Gasteiger partial charge is 0.0851 e. The molecule has 0 N–H and O–H groups in total. The summed E-state index contributed by atoms with van der Waals surface area (Å²) in [5.41, 5.74) is 1.13. The van der Waals surface area contributed by atoms with E-state index < -0.39 is 8.07 Å². The lowest BCUT2D eigenvalue weighted by atomic mass is 10.1. The molecule has 0 heterocycles. The van der Waals surface area contributed by atoms with E-state index in [0.717, 1.165) is 17.4 Å². The maximum absolute atomic E-state index is 2.73. The molecule has 2 aliphatic carbocycles. The fourth-order valence-corrected chi connectivity index (χ4v) is 9.71. The predicted octanol–water partition coefficient (Wildman–Crippen LogP) is 5.63. The van der Waals surface area contributed by atoms with E-state index in [9.17, 15) is 0 Å². The Morgan fingerprint density at radius 1 is 1.00 bits per heavy atom. The van der Waals surface area contributed by atoms with Crippen molar-refractivity contribution < 1.29 is 0 Å². The van der Waals surface area contributed by atoms with E-state index in [0.29, 0.717) is 0 Å². The molecule has 1 saturated carbocycles. The average molecular weight is 251 g/mol. The lowest BCUT2D eigenvalue weighted by Crippen LogP contribution is -2.38. The van der Waals surface area contributed by atoms with Crippen molar-refractivity contribution in [3.63, 3.8) is 0 Å². The van der Waals surface area contributed by atoms with E-state index in [1.165, 1.54) is 32.1 Å². The summed E-state index contributed by atoms with van der Waals surface area (Å²) >= 11 is 0. The molecule has 0 spiro atoms. The summed E-state index contributed by atoms with van der Waals surface area (Å²) in [4.78, 5) is 0. The highest BCUT2D eigenvalue weighted by atomic mass is 28.3. The second-order valence-electron chi connectivity index (χ2n) is 6.75. The molecule has 17 heavy (non-hydrogen) atoms. The molecule has 3 unspecified atom stereocenters. The molecule has 0 aromatic carbocycles. The zero-order valence-electron chi connectivity index (χ0n) is 12.0. The van der Waals surface area contributed by atoms with Gasteiger partial charge in [-0.15, -0.1) is 0 Å². The molecule has 1 heteroatoms. The number of allylic oxidation sites excluding steroid dienone is 2. The summed E-state index contributed by atoms with van der Waals surface area (Å²) in [6, 6.07) is 3.20. The van der Waals surface area contributed by atoms with Gasteiger partial charge in [0.25, 0.3) is 0 Å². The molecular formula is C16H30Si. The van der Waals surface area contributed by atoms with Crippen molar-refractivity contribution in [3.8, 4) is 0 Å². The monoisotopic (exact) mass is 250 g/mol. The lowest BCUT2D eigenvalue weighted by molar-refractivity contribution is 0.650. The van der Waals surface area contributed by atoms with E-state index in [1.807, 2.05) is 0 Å². The van der Waals surface area contributed by atoms with E-state index in [-0.39, 0.29) is 0 Å². The van der Waals surface area contributed by atoms with Crippen molar-refractivity contribution in [2.75, 3.05) is 0 Å². The number of rotatable bonds is 7. The minimum atomic E-state index is -0.963. The van der Waals surface area contributed by atoms with Gasteiger partial charge in [-0.25, -0.2) is 0 Å². The normalized spacial score (nSPS) is 31.4. The molecule has 2 bridgehead atoms. The first-order valence-corrected chi connectivity index (χ1v) is 10.9. The van der Waals surface area contributed by atoms with Gasteiger partial charge in [0.05, 0.1) is 8.07 Å². The average Bonchev–Trinajstić information content (AvgIpc) is 2.96. The van der Waals surface area contributed by atoms with Crippen molar-refractivity contribution in [1.82, 2.24) is 0 Å². The van der Waals surface area contributed by atoms with Gasteiger partial charge in [-0.05, 0) is 30.2 Å². The third-order valence-electron chi connectivity index (χ3n) is 5.38. The Kier molecular flexibility index (Phi) is 4.51. The molecule has 0 radical (unpaired) electrons. The van der Waals surface area contributed by atoms with Crippen LogP contribution in [0.5, 0.6) is 0 Å². The summed E-state index contributed by atoms with van der Waals surface area (Å²) in [5, 5.41) is 0. The first-order valence-electron chi connectivity index (χ1n) is 7.88. The fourth-order valence-electron chi connectivity index (χ4n) is 4.24. The third-order valence-corrected chi connectivity index (χ3v) is 10.8. The van der Waals surface area contributed by atoms with E-state index >= 15 is 0 Å². The number of hydrogen-bond acceptors (Lipinski definition) is 0. The van der Waals surface area contributed by atoms with Crippen LogP contribution in [-0.4, -0.2) is 8.07 Å². The van der Waals surface area contributed by atoms with E-state index in [4.69, 9.17) is 0 Å². The summed E-state index contributed by atoms with van der Waals surface area (Å²) in [6.45, 7) is 7.45. The molecule has 0 amide bonds. The smallest absolute Gasteiger partial charge is 0.0541 e. The summed E-state index contributed by atoms with van der Waals surface area (Å²) < 4.78 is 0. The van der Waals surface area contributed by atoms with E-state index in [1.54, 1.807) is 18.5 Å². The van der Waals surface area contributed by atoms with Crippen LogP contribution >= 0.6 is 0 Å². The zero-order valence-corrected chi connectivity index (χ0v) is 13.0. The van der Waals surface area contributed by atoms with Crippen molar-refractivity contribution in [2.24, 2.45) is 11.8 Å². The highest BCUT2D eigenvalue weighted by Crippen LogP contribution is 2.54. The SMILES string of the molecule is CCCC[Si](C)(CCCC)C1CC2C=CC1C2. The van der Waals surface area contributed by atoms with Crippen LogP contribution in [0.25, 0.3) is 0 Å². The molecular weight excluding hydrogens is 220 g/mol. The minimum absolute atomic E-state index is 0.963. The van der Waals surface area contributed by atoms with Gasteiger partial charge in [0.15, 0.2) is 0 Å². The summed E-state index contributed by atoms with van der Waals surface area (Å²) in [6.07, 6.45) is 13.9. The van der Waals surface area contributed by atoms with E-state index in [2.05, 4.69) is 32.5 Å². The number of hydrogen-bond donors (Lipinski definition) is 0. The van der Waals surface area contributed by atoms with Crippen LogP contribution in [0.4, 0.5) is 0 Å². The Morgan fingerprint density at radius 3 is 2.06 bits per heavy atom. The van der Waals surface area contributed by atoms with Gasteiger partial charge in [-0.3, -0.25) is 0 Å². The molecule has 0 saturated heterocycles. The molecule has 2 rings (SSSR count). The Morgan fingerprint density at radius 2 is 1.65 bits per heavy atom. The quantitative estimate of drug-likeness (QED) is 0.406. The summed E-state index contributed by atoms with van der Waals surface area (Å²) in [5.74, 6) is 1.96.